The molecule has 0 radical (unpaired) electrons. The SMILES string of the molecule is CCOC(=O)CCNC(=O)C(c1ccc(O)c(C)c1)N(C(=O)C(Cc1ccc(O)cc1)NC(=O)OC(C)(C)C)C(C)(C)C. The zero-order valence-electron chi connectivity index (χ0n) is 26.3. The molecule has 236 valence electrons. The number of alkyl carbamates (subject to hydrolysis) is 1. The molecular formula is C32H45N3O8. The van der Waals surface area contributed by atoms with Gasteiger partial charge in [-0.15, -0.1) is 0 Å². The third-order valence-electron chi connectivity index (χ3n) is 6.30. The molecule has 4 N–H and O–H groups in total. The number of ether oxygens (including phenoxy) is 2. The number of aromatic hydroxyl groups is 2. The number of carbonyl (C=O) groups is 4. The third kappa shape index (κ3) is 10.8. The van der Waals surface area contributed by atoms with Gasteiger partial charge in [0.15, 0.2) is 0 Å². The van der Waals surface area contributed by atoms with E-state index in [-0.39, 0.29) is 37.5 Å². The van der Waals surface area contributed by atoms with Gasteiger partial charge in [0.05, 0.1) is 13.0 Å². The van der Waals surface area contributed by atoms with Crippen molar-refractivity contribution in [2.24, 2.45) is 0 Å². The Balaban J connectivity index is 2.59. The molecule has 2 unspecified atom stereocenters. The summed E-state index contributed by atoms with van der Waals surface area (Å²) in [5.74, 6) is -1.53. The molecule has 0 aromatic heterocycles. The molecule has 0 bridgehead atoms. The second kappa shape index (κ2) is 14.8. The summed E-state index contributed by atoms with van der Waals surface area (Å²) >= 11 is 0. The number of amides is 3. The van der Waals surface area contributed by atoms with E-state index in [9.17, 15) is 29.4 Å². The zero-order valence-corrected chi connectivity index (χ0v) is 26.3. The highest BCUT2D eigenvalue weighted by Gasteiger charge is 2.42. The third-order valence-corrected chi connectivity index (χ3v) is 6.30. The fourth-order valence-electron chi connectivity index (χ4n) is 4.41. The number of phenols is 2. The maximum atomic E-state index is 14.5. The van der Waals surface area contributed by atoms with E-state index >= 15 is 0 Å². The van der Waals surface area contributed by atoms with E-state index in [0.717, 1.165) is 0 Å². The topological polar surface area (TPSA) is 154 Å². The largest absolute Gasteiger partial charge is 0.508 e. The van der Waals surface area contributed by atoms with E-state index in [2.05, 4.69) is 10.6 Å². The fourth-order valence-corrected chi connectivity index (χ4v) is 4.41. The number of nitrogens with zero attached hydrogens (tertiary/aromatic N) is 1. The molecule has 2 rings (SSSR count). The second-order valence-corrected chi connectivity index (χ2v) is 12.2. The van der Waals surface area contributed by atoms with Gasteiger partial charge in [0.25, 0.3) is 0 Å². The highest BCUT2D eigenvalue weighted by molar-refractivity contribution is 5.93. The number of rotatable bonds is 11. The van der Waals surface area contributed by atoms with Crippen LogP contribution >= 0.6 is 0 Å². The molecule has 3 amide bonds. The fraction of sp³-hybridized carbons (Fsp3) is 0.500. The number of benzene rings is 2. The zero-order chi connectivity index (χ0) is 32.5. The van der Waals surface area contributed by atoms with Crippen LogP contribution < -0.4 is 10.6 Å². The molecule has 0 saturated carbocycles. The quantitative estimate of drug-likeness (QED) is 0.279. The molecule has 0 spiro atoms. The lowest BCUT2D eigenvalue weighted by molar-refractivity contribution is -0.149. The Kier molecular flexibility index (Phi) is 12.0. The van der Waals surface area contributed by atoms with Gasteiger partial charge < -0.3 is 35.2 Å². The van der Waals surface area contributed by atoms with Crippen LogP contribution in [0.2, 0.25) is 0 Å². The van der Waals surface area contributed by atoms with Gasteiger partial charge in [-0.25, -0.2) is 4.79 Å². The first-order valence-corrected chi connectivity index (χ1v) is 14.3. The number of phenolic OH excluding ortho intramolecular Hbond substituents is 2. The number of carbonyl (C=O) groups excluding carboxylic acids is 4. The van der Waals surface area contributed by atoms with Gasteiger partial charge in [-0.2, -0.15) is 0 Å². The predicted molar refractivity (Wildman–Crippen MR) is 161 cm³/mol. The Morgan fingerprint density at radius 1 is 0.953 bits per heavy atom. The van der Waals surface area contributed by atoms with Gasteiger partial charge in [-0.3, -0.25) is 14.4 Å². The molecule has 0 aliphatic rings. The van der Waals surface area contributed by atoms with Crippen LogP contribution in [-0.2, 0) is 30.3 Å². The van der Waals surface area contributed by atoms with Crippen molar-refractivity contribution in [1.82, 2.24) is 15.5 Å². The number of nitrogens with one attached hydrogen (secondary N) is 2. The van der Waals surface area contributed by atoms with Crippen LogP contribution in [0.1, 0.15) is 77.6 Å². The summed E-state index contributed by atoms with van der Waals surface area (Å²) in [7, 11) is 0. The summed E-state index contributed by atoms with van der Waals surface area (Å²) in [6, 6.07) is 8.49. The molecule has 0 fully saturated rings. The normalized spacial score (nSPS) is 12.9. The standard InChI is InChI=1S/C32H45N3O8/c1-9-42-26(38)16-17-33-28(39)27(22-12-15-25(37)20(2)18-22)35(31(3,4)5)29(40)24(34-30(41)43-32(6,7)8)19-21-10-13-23(36)14-11-21/h10-15,18,24,27,36-37H,9,16-17,19H2,1-8H3,(H,33,39)(H,34,41). The molecule has 2 aromatic rings. The molecule has 11 nitrogen and oxygen atoms in total. The maximum Gasteiger partial charge on any atom is 0.408 e. The molecule has 2 aromatic carbocycles. The van der Waals surface area contributed by atoms with E-state index in [1.54, 1.807) is 79.7 Å². The minimum absolute atomic E-state index is 0.0233. The number of hydrogen-bond acceptors (Lipinski definition) is 8. The molecule has 43 heavy (non-hydrogen) atoms. The lowest BCUT2D eigenvalue weighted by atomic mass is 9.93. The lowest BCUT2D eigenvalue weighted by Gasteiger charge is -2.43. The summed E-state index contributed by atoms with van der Waals surface area (Å²) in [6.07, 6.45) is -0.834. The van der Waals surface area contributed by atoms with Crippen molar-refractivity contribution in [3.05, 3.63) is 59.2 Å². The van der Waals surface area contributed by atoms with Crippen molar-refractivity contribution in [2.75, 3.05) is 13.2 Å². The maximum absolute atomic E-state index is 14.5. The first-order chi connectivity index (χ1) is 19.9. The Bertz CT molecular complexity index is 1280. The highest BCUT2D eigenvalue weighted by Crippen LogP contribution is 2.32. The van der Waals surface area contributed by atoms with Gasteiger partial charge >= 0.3 is 12.1 Å². The van der Waals surface area contributed by atoms with Crippen molar-refractivity contribution >= 4 is 23.9 Å². The van der Waals surface area contributed by atoms with E-state index in [1.807, 2.05) is 0 Å². The summed E-state index contributed by atoms with van der Waals surface area (Å²) in [6.45, 7) is 14.0. The van der Waals surface area contributed by atoms with Crippen LogP contribution in [0.4, 0.5) is 4.79 Å². The monoisotopic (exact) mass is 599 g/mol. The molecule has 0 aliphatic carbocycles. The number of esters is 1. The van der Waals surface area contributed by atoms with Gasteiger partial charge in [0.1, 0.15) is 29.2 Å². The van der Waals surface area contributed by atoms with Gasteiger partial charge in [0.2, 0.25) is 11.8 Å². The van der Waals surface area contributed by atoms with Crippen LogP contribution in [-0.4, -0.2) is 69.3 Å². The Morgan fingerprint density at radius 3 is 2.12 bits per heavy atom. The van der Waals surface area contributed by atoms with E-state index in [0.29, 0.717) is 16.7 Å². The first-order valence-electron chi connectivity index (χ1n) is 14.3. The van der Waals surface area contributed by atoms with Crippen LogP contribution in [0, 0.1) is 6.92 Å². The Hall–Kier alpha value is -4.28. The summed E-state index contributed by atoms with van der Waals surface area (Å²) < 4.78 is 10.4. The van der Waals surface area contributed by atoms with Crippen molar-refractivity contribution in [3.8, 4) is 11.5 Å². The second-order valence-electron chi connectivity index (χ2n) is 12.2. The molecule has 0 saturated heterocycles. The van der Waals surface area contributed by atoms with Gasteiger partial charge in [0, 0.05) is 18.5 Å². The van der Waals surface area contributed by atoms with Crippen LogP contribution in [0.5, 0.6) is 11.5 Å². The van der Waals surface area contributed by atoms with Crippen LogP contribution in [0.3, 0.4) is 0 Å². The Labute approximate surface area is 253 Å². The van der Waals surface area contributed by atoms with Gasteiger partial charge in [-0.1, -0.05) is 18.2 Å². The minimum atomic E-state index is -1.20. The molecule has 0 aliphatic heterocycles. The smallest absolute Gasteiger partial charge is 0.408 e. The van der Waals surface area contributed by atoms with Crippen molar-refractivity contribution in [3.63, 3.8) is 0 Å². The van der Waals surface area contributed by atoms with E-state index in [4.69, 9.17) is 9.47 Å². The average Bonchev–Trinajstić information content (AvgIpc) is 2.87. The first kappa shape index (κ1) is 34.9. The van der Waals surface area contributed by atoms with Crippen LogP contribution in [0.25, 0.3) is 0 Å². The summed E-state index contributed by atoms with van der Waals surface area (Å²) in [5, 5.41) is 25.3. The average molecular weight is 600 g/mol. The summed E-state index contributed by atoms with van der Waals surface area (Å²) in [5.41, 5.74) is -0.208. The van der Waals surface area contributed by atoms with Crippen molar-refractivity contribution in [2.45, 2.75) is 91.5 Å². The van der Waals surface area contributed by atoms with Crippen molar-refractivity contribution < 1.29 is 38.9 Å². The van der Waals surface area contributed by atoms with Crippen LogP contribution in [0.15, 0.2) is 42.5 Å². The molecule has 11 heteroatoms. The van der Waals surface area contributed by atoms with Crippen molar-refractivity contribution in [1.29, 1.82) is 0 Å². The number of aryl methyl sites for hydroxylation is 1. The number of hydrogen-bond donors (Lipinski definition) is 4. The molecular weight excluding hydrogens is 554 g/mol. The minimum Gasteiger partial charge on any atom is -0.508 e. The van der Waals surface area contributed by atoms with Gasteiger partial charge in [-0.05, 0) is 96.3 Å². The lowest BCUT2D eigenvalue weighted by Crippen LogP contribution is -2.59. The van der Waals surface area contributed by atoms with E-state index < -0.39 is 47.1 Å². The molecule has 0 heterocycles. The summed E-state index contributed by atoms with van der Waals surface area (Å²) in [4.78, 5) is 54.5. The highest BCUT2D eigenvalue weighted by atomic mass is 16.6. The Morgan fingerprint density at radius 2 is 1.58 bits per heavy atom. The molecule has 2 atom stereocenters. The predicted octanol–water partition coefficient (Wildman–Crippen LogP) is 4.28. The van der Waals surface area contributed by atoms with E-state index in [1.165, 1.54) is 23.1 Å².